The molecule has 0 fully saturated rings. The van der Waals surface area contributed by atoms with Crippen LogP contribution >= 0.6 is 0 Å². The van der Waals surface area contributed by atoms with Gasteiger partial charge in [0.1, 0.15) is 5.70 Å². The third-order valence-corrected chi connectivity index (χ3v) is 3.89. The van der Waals surface area contributed by atoms with Gasteiger partial charge in [0.2, 0.25) is 0 Å². The fourth-order valence-electron chi connectivity index (χ4n) is 2.51. The van der Waals surface area contributed by atoms with Crippen LogP contribution in [-0.2, 0) is 23.8 Å². The quantitative estimate of drug-likeness (QED) is 0.561. The van der Waals surface area contributed by atoms with E-state index in [9.17, 15) is 14.4 Å². The number of nitrogens with zero attached hydrogens (tertiary/aromatic N) is 1. The molecular weight excluding hydrogens is 364 g/mol. The Morgan fingerprint density at radius 2 is 1.64 bits per heavy atom. The standard InChI is InChI=1S/C20H22N2O6/c1-26-13-11-21-18(23)14-7-9-15(10-8-14)22-12-5-4-6-16(19(24)27-2)17(22)20(25)28-3/h4-10,12H,11,13H2,1-3H3,(H,21,23). The van der Waals surface area contributed by atoms with Crippen molar-refractivity contribution in [1.29, 1.82) is 0 Å². The summed E-state index contributed by atoms with van der Waals surface area (Å²) < 4.78 is 14.5. The maximum Gasteiger partial charge on any atom is 0.355 e. The first kappa shape index (κ1) is 20.9. The normalized spacial score (nSPS) is 13.2. The number of anilines is 1. The van der Waals surface area contributed by atoms with Gasteiger partial charge in [0, 0.05) is 31.1 Å². The molecule has 2 rings (SSSR count). The zero-order valence-corrected chi connectivity index (χ0v) is 15.9. The second-order valence-electron chi connectivity index (χ2n) is 5.61. The maximum absolute atomic E-state index is 12.4. The lowest BCUT2D eigenvalue weighted by Gasteiger charge is -2.23. The summed E-state index contributed by atoms with van der Waals surface area (Å²) >= 11 is 0. The van der Waals surface area contributed by atoms with Gasteiger partial charge in [0.25, 0.3) is 5.91 Å². The molecule has 1 aromatic carbocycles. The Balaban J connectivity index is 2.37. The maximum atomic E-state index is 12.4. The molecule has 0 bridgehead atoms. The summed E-state index contributed by atoms with van der Waals surface area (Å²) in [5.41, 5.74) is 1.08. The number of nitrogens with one attached hydrogen (secondary N) is 1. The molecule has 0 saturated heterocycles. The molecular formula is C20H22N2O6. The number of rotatable bonds is 7. The van der Waals surface area contributed by atoms with E-state index in [0.717, 1.165) is 0 Å². The molecule has 1 aliphatic heterocycles. The number of hydrogen-bond donors (Lipinski definition) is 1. The van der Waals surface area contributed by atoms with E-state index in [2.05, 4.69) is 5.32 Å². The van der Waals surface area contributed by atoms with Crippen molar-refractivity contribution in [3.63, 3.8) is 0 Å². The highest BCUT2D eigenvalue weighted by Gasteiger charge is 2.27. The molecule has 0 radical (unpaired) electrons. The Bertz CT molecular complexity index is 824. The molecule has 1 N–H and O–H groups in total. The zero-order valence-electron chi connectivity index (χ0n) is 15.9. The van der Waals surface area contributed by atoms with E-state index >= 15 is 0 Å². The summed E-state index contributed by atoms with van der Waals surface area (Å²) in [6.45, 7) is 0.814. The van der Waals surface area contributed by atoms with Gasteiger partial charge < -0.3 is 24.4 Å². The van der Waals surface area contributed by atoms with Crippen LogP contribution < -0.4 is 10.2 Å². The van der Waals surface area contributed by atoms with Crippen molar-refractivity contribution in [2.24, 2.45) is 0 Å². The Morgan fingerprint density at radius 3 is 2.25 bits per heavy atom. The van der Waals surface area contributed by atoms with Crippen molar-refractivity contribution >= 4 is 23.5 Å². The third-order valence-electron chi connectivity index (χ3n) is 3.89. The second kappa shape index (κ2) is 10.1. The van der Waals surface area contributed by atoms with Gasteiger partial charge in [-0.15, -0.1) is 0 Å². The fourth-order valence-corrected chi connectivity index (χ4v) is 2.51. The van der Waals surface area contributed by atoms with E-state index in [1.807, 2.05) is 0 Å². The molecule has 0 saturated carbocycles. The van der Waals surface area contributed by atoms with Crippen molar-refractivity contribution < 1.29 is 28.6 Å². The lowest BCUT2D eigenvalue weighted by molar-refractivity contribution is -0.139. The van der Waals surface area contributed by atoms with Gasteiger partial charge >= 0.3 is 11.9 Å². The Kier molecular flexibility index (Phi) is 7.53. The van der Waals surface area contributed by atoms with Crippen LogP contribution in [0.15, 0.2) is 60.0 Å². The van der Waals surface area contributed by atoms with Crippen LogP contribution in [0.5, 0.6) is 0 Å². The van der Waals surface area contributed by atoms with Crippen LogP contribution in [0.3, 0.4) is 0 Å². The van der Waals surface area contributed by atoms with E-state index < -0.39 is 11.9 Å². The van der Waals surface area contributed by atoms with Crippen molar-refractivity contribution in [1.82, 2.24) is 5.32 Å². The molecule has 1 aromatic rings. The number of esters is 2. The van der Waals surface area contributed by atoms with E-state index in [1.165, 1.54) is 25.2 Å². The molecule has 1 amide bonds. The molecule has 0 unspecified atom stereocenters. The second-order valence-corrected chi connectivity index (χ2v) is 5.61. The largest absolute Gasteiger partial charge is 0.465 e. The number of ether oxygens (including phenoxy) is 3. The first-order chi connectivity index (χ1) is 13.5. The molecule has 1 aliphatic rings. The Morgan fingerprint density at radius 1 is 0.964 bits per heavy atom. The minimum absolute atomic E-state index is 0.0108. The van der Waals surface area contributed by atoms with Crippen molar-refractivity contribution in [2.75, 3.05) is 39.4 Å². The monoisotopic (exact) mass is 386 g/mol. The number of methoxy groups -OCH3 is 3. The van der Waals surface area contributed by atoms with Crippen LogP contribution in [0, 0.1) is 0 Å². The smallest absolute Gasteiger partial charge is 0.355 e. The molecule has 8 nitrogen and oxygen atoms in total. The van der Waals surface area contributed by atoms with Crippen LogP contribution in [0.4, 0.5) is 5.69 Å². The van der Waals surface area contributed by atoms with Crippen LogP contribution in [0.2, 0.25) is 0 Å². The lowest BCUT2D eigenvalue weighted by atomic mass is 10.1. The van der Waals surface area contributed by atoms with Crippen molar-refractivity contribution in [3.05, 3.63) is 65.5 Å². The predicted octanol–water partition coefficient (Wildman–Crippen LogP) is 1.55. The number of carbonyl (C=O) groups excluding carboxylic acids is 3. The molecule has 148 valence electrons. The minimum atomic E-state index is -0.696. The third kappa shape index (κ3) is 4.86. The topological polar surface area (TPSA) is 94.2 Å². The SMILES string of the molecule is COCCNC(=O)c1ccc(N2C=CC=CC(C(=O)OC)=C2C(=O)OC)cc1. The average Bonchev–Trinajstić information content (AvgIpc) is 2.95. The number of allylic oxidation sites excluding steroid dienone is 2. The molecule has 0 spiro atoms. The number of carbonyl (C=O) groups is 3. The van der Waals surface area contributed by atoms with Gasteiger partial charge in [-0.1, -0.05) is 6.08 Å². The van der Waals surface area contributed by atoms with Crippen molar-refractivity contribution in [3.8, 4) is 0 Å². The number of benzene rings is 1. The molecule has 0 atom stereocenters. The first-order valence-corrected chi connectivity index (χ1v) is 8.45. The first-order valence-electron chi connectivity index (χ1n) is 8.45. The van der Waals surface area contributed by atoms with Gasteiger partial charge in [0.15, 0.2) is 0 Å². The average molecular weight is 386 g/mol. The van der Waals surface area contributed by atoms with Crippen LogP contribution in [-0.4, -0.2) is 52.3 Å². The van der Waals surface area contributed by atoms with E-state index in [0.29, 0.717) is 24.4 Å². The van der Waals surface area contributed by atoms with Gasteiger partial charge in [-0.05, 0) is 36.4 Å². The van der Waals surface area contributed by atoms with Gasteiger partial charge in [0.05, 0.1) is 26.4 Å². The summed E-state index contributed by atoms with van der Waals surface area (Å²) in [5, 5.41) is 2.73. The summed E-state index contributed by atoms with van der Waals surface area (Å²) in [6, 6.07) is 6.57. The highest BCUT2D eigenvalue weighted by atomic mass is 16.5. The fraction of sp³-hybridized carbons (Fsp3) is 0.250. The van der Waals surface area contributed by atoms with E-state index in [-0.39, 0.29) is 17.2 Å². The minimum Gasteiger partial charge on any atom is -0.465 e. The molecule has 0 aliphatic carbocycles. The highest BCUT2D eigenvalue weighted by molar-refractivity contribution is 6.05. The van der Waals surface area contributed by atoms with Gasteiger partial charge in [-0.2, -0.15) is 0 Å². The van der Waals surface area contributed by atoms with Crippen LogP contribution in [0.1, 0.15) is 10.4 Å². The molecule has 28 heavy (non-hydrogen) atoms. The van der Waals surface area contributed by atoms with Gasteiger partial charge in [-0.25, -0.2) is 9.59 Å². The summed E-state index contributed by atoms with van der Waals surface area (Å²) in [4.78, 5) is 38.1. The number of hydrogen-bond acceptors (Lipinski definition) is 7. The Hall–Kier alpha value is -3.39. The predicted molar refractivity (Wildman–Crippen MR) is 102 cm³/mol. The Labute approximate surface area is 163 Å². The zero-order chi connectivity index (χ0) is 20.5. The van der Waals surface area contributed by atoms with E-state index in [1.54, 1.807) is 49.7 Å². The lowest BCUT2D eigenvalue weighted by Crippen LogP contribution is -2.28. The molecule has 0 aromatic heterocycles. The van der Waals surface area contributed by atoms with E-state index in [4.69, 9.17) is 14.2 Å². The van der Waals surface area contributed by atoms with Crippen molar-refractivity contribution in [2.45, 2.75) is 0 Å². The summed E-state index contributed by atoms with van der Waals surface area (Å²) in [5.74, 6) is -1.60. The van der Waals surface area contributed by atoms with Crippen LogP contribution in [0.25, 0.3) is 0 Å². The summed E-state index contributed by atoms with van der Waals surface area (Å²) in [7, 11) is 4.02. The summed E-state index contributed by atoms with van der Waals surface area (Å²) in [6.07, 6.45) is 6.38. The van der Waals surface area contributed by atoms with Gasteiger partial charge in [-0.3, -0.25) is 4.79 Å². The highest BCUT2D eigenvalue weighted by Crippen LogP contribution is 2.26. The number of amides is 1. The molecule has 1 heterocycles. The molecule has 8 heteroatoms.